The molecular weight excluding hydrogens is 506 g/mol. The molecule has 0 bridgehead atoms. The molecule has 5 rings (SSSR count). The number of nitrogens with two attached hydrogens (primary N) is 1. The molecule has 3 unspecified atom stereocenters. The highest BCUT2D eigenvalue weighted by Crippen LogP contribution is 2.65. The number of allylic oxidation sites excluding steroid dienone is 1. The molecule has 2 aliphatic carbocycles. The van der Waals surface area contributed by atoms with Crippen LogP contribution < -0.4 is 5.73 Å². The predicted octanol–water partition coefficient (Wildman–Crippen LogP) is 3.29. The van der Waals surface area contributed by atoms with Gasteiger partial charge in [-0.25, -0.2) is 4.79 Å². The Kier molecular flexibility index (Phi) is 7.83. The van der Waals surface area contributed by atoms with Crippen molar-refractivity contribution in [1.29, 1.82) is 0 Å². The van der Waals surface area contributed by atoms with E-state index in [-0.39, 0.29) is 35.4 Å². The van der Waals surface area contributed by atoms with E-state index in [0.29, 0.717) is 36.7 Å². The lowest BCUT2D eigenvalue weighted by Gasteiger charge is -2.60. The third-order valence-electron chi connectivity index (χ3n) is 9.86. The van der Waals surface area contributed by atoms with Crippen molar-refractivity contribution in [2.75, 3.05) is 40.4 Å². The Hall–Kier alpha value is -2.78. The van der Waals surface area contributed by atoms with E-state index in [0.717, 1.165) is 36.9 Å². The first-order valence-corrected chi connectivity index (χ1v) is 14.3. The second-order valence-corrected chi connectivity index (χ2v) is 12.7. The van der Waals surface area contributed by atoms with Gasteiger partial charge in [0.1, 0.15) is 11.6 Å². The number of likely N-dealkylation sites (N-methyl/N-ethyl adjacent to an activating group) is 1. The molecule has 6 atom stereocenters. The molecule has 1 saturated heterocycles. The fourth-order valence-corrected chi connectivity index (χ4v) is 7.31. The fraction of sp³-hybridized carbons (Fsp3) is 0.562. The number of fused-ring (bicyclic) bond motifs is 1. The van der Waals surface area contributed by atoms with Crippen LogP contribution in [0.15, 0.2) is 58.8 Å². The maximum Gasteiger partial charge on any atom is 0.343 e. The second kappa shape index (κ2) is 10.9. The topological polar surface area (TPSA) is 121 Å². The van der Waals surface area contributed by atoms with Gasteiger partial charge in [-0.15, -0.1) is 0 Å². The van der Waals surface area contributed by atoms with Crippen LogP contribution >= 0.6 is 0 Å². The molecule has 4 N–H and O–H groups in total. The van der Waals surface area contributed by atoms with Crippen LogP contribution in [-0.4, -0.2) is 79.0 Å². The van der Waals surface area contributed by atoms with Crippen molar-refractivity contribution < 1.29 is 24.5 Å². The summed E-state index contributed by atoms with van der Waals surface area (Å²) in [4.78, 5) is 19.2. The number of aliphatic imine (C=N–C) groups is 1. The lowest BCUT2D eigenvalue weighted by Crippen LogP contribution is -2.60. The Bertz CT molecular complexity index is 1250. The number of epoxide rings is 1. The van der Waals surface area contributed by atoms with Gasteiger partial charge in [0, 0.05) is 23.4 Å². The van der Waals surface area contributed by atoms with Gasteiger partial charge in [0.05, 0.1) is 37.0 Å². The number of benzene rings is 1. The van der Waals surface area contributed by atoms with Crippen molar-refractivity contribution in [3.05, 3.63) is 65.0 Å². The van der Waals surface area contributed by atoms with E-state index in [2.05, 4.69) is 22.9 Å². The highest BCUT2D eigenvalue weighted by atomic mass is 16.6. The summed E-state index contributed by atoms with van der Waals surface area (Å²) in [6, 6.07) is 7.69. The summed E-state index contributed by atoms with van der Waals surface area (Å²) in [6.45, 7) is 6.42. The molecule has 216 valence electrons. The molecule has 1 aromatic rings. The molecule has 4 aliphatic rings. The van der Waals surface area contributed by atoms with Gasteiger partial charge in [-0.1, -0.05) is 50.3 Å². The van der Waals surface area contributed by atoms with Crippen LogP contribution in [0.2, 0.25) is 0 Å². The number of esters is 1. The quantitative estimate of drug-likeness (QED) is 0.197. The Morgan fingerprint density at radius 1 is 1.20 bits per heavy atom. The van der Waals surface area contributed by atoms with E-state index in [4.69, 9.17) is 15.2 Å². The van der Waals surface area contributed by atoms with Crippen LogP contribution in [0.3, 0.4) is 0 Å². The predicted molar refractivity (Wildman–Crippen MR) is 155 cm³/mol. The molecule has 0 amide bonds. The van der Waals surface area contributed by atoms with Gasteiger partial charge < -0.3 is 30.3 Å². The van der Waals surface area contributed by atoms with Crippen LogP contribution in [0.25, 0.3) is 6.08 Å². The lowest BCUT2D eigenvalue weighted by molar-refractivity contribution is -0.167. The van der Waals surface area contributed by atoms with Gasteiger partial charge in [-0.05, 0) is 68.8 Å². The average Bonchev–Trinajstić information content (AvgIpc) is 3.60. The lowest BCUT2D eigenvalue weighted by atomic mass is 9.45. The molecule has 0 radical (unpaired) electrons. The Morgan fingerprint density at radius 2 is 1.93 bits per heavy atom. The maximum atomic E-state index is 12.8. The maximum absolute atomic E-state index is 12.8. The SMILES string of the molecule is CN(C)CCN=C(N)c1ccc(C=C2C=C(C=CC3C4(CCC5[C@]3(C)CC[C@@H](O)[C@@]5(C)CO)CO4)C(=O)O2)cc1. The van der Waals surface area contributed by atoms with Gasteiger partial charge in [-0.3, -0.25) is 4.99 Å². The first kappa shape index (κ1) is 28.7. The van der Waals surface area contributed by atoms with Gasteiger partial charge in [-0.2, -0.15) is 0 Å². The van der Waals surface area contributed by atoms with Crippen molar-refractivity contribution in [3.63, 3.8) is 0 Å². The zero-order valence-electron chi connectivity index (χ0n) is 24.1. The van der Waals surface area contributed by atoms with Gasteiger partial charge >= 0.3 is 5.97 Å². The van der Waals surface area contributed by atoms with Gasteiger partial charge in [0.2, 0.25) is 0 Å². The molecule has 1 spiro atoms. The number of rotatable bonds is 8. The van der Waals surface area contributed by atoms with Crippen molar-refractivity contribution in [1.82, 2.24) is 4.90 Å². The van der Waals surface area contributed by atoms with E-state index in [1.54, 1.807) is 6.08 Å². The Morgan fingerprint density at radius 3 is 2.58 bits per heavy atom. The van der Waals surface area contributed by atoms with Crippen molar-refractivity contribution in [2.24, 2.45) is 33.4 Å². The third-order valence-corrected chi connectivity index (χ3v) is 9.86. The van der Waals surface area contributed by atoms with Crippen LogP contribution in [0.5, 0.6) is 0 Å². The average molecular weight is 550 g/mol. The number of aliphatic hydroxyl groups excluding tert-OH is 2. The van der Waals surface area contributed by atoms with Crippen LogP contribution in [0, 0.1) is 22.7 Å². The fourth-order valence-electron chi connectivity index (χ4n) is 7.31. The summed E-state index contributed by atoms with van der Waals surface area (Å²) < 4.78 is 11.6. The number of carbonyl (C=O) groups excluding carboxylic acids is 1. The normalized spacial score (nSPS) is 36.8. The molecule has 8 nitrogen and oxygen atoms in total. The highest BCUT2D eigenvalue weighted by molar-refractivity contribution is 5.98. The van der Waals surface area contributed by atoms with E-state index in [9.17, 15) is 15.0 Å². The molecular formula is C32H43N3O5. The first-order chi connectivity index (χ1) is 19.0. The molecule has 1 aromatic carbocycles. The minimum Gasteiger partial charge on any atom is -0.423 e. The molecule has 2 saturated carbocycles. The zero-order chi connectivity index (χ0) is 28.7. The largest absolute Gasteiger partial charge is 0.423 e. The summed E-state index contributed by atoms with van der Waals surface area (Å²) in [7, 11) is 4.00. The summed E-state index contributed by atoms with van der Waals surface area (Å²) >= 11 is 0. The first-order valence-electron chi connectivity index (χ1n) is 14.3. The number of cyclic esters (lactones) is 1. The standard InChI is InChI=1S/C32H43N3O5/c1-30-13-12-27(37)31(2,19-36)25(30)11-14-32(20-39-32)26(30)10-9-23-18-24(40-29(23)38)17-21-5-7-22(8-6-21)28(33)34-15-16-35(3)4/h5-10,17-18,25-27,36-37H,11-16,19-20H2,1-4H3,(H2,33,34)/t25?,26?,27-,30+,31+,32?/m1/s1. The number of hydrogen-bond acceptors (Lipinski definition) is 7. The number of amidine groups is 1. The van der Waals surface area contributed by atoms with E-state index in [1.807, 2.05) is 57.4 Å². The van der Waals surface area contributed by atoms with Crippen molar-refractivity contribution >= 4 is 17.9 Å². The summed E-state index contributed by atoms with van der Waals surface area (Å²) in [6.07, 6.45) is 10.4. The van der Waals surface area contributed by atoms with Gasteiger partial charge in [0.15, 0.2) is 0 Å². The number of ether oxygens (including phenoxy) is 2. The summed E-state index contributed by atoms with van der Waals surface area (Å²) in [5, 5.41) is 21.1. The van der Waals surface area contributed by atoms with E-state index in [1.165, 1.54) is 0 Å². The van der Waals surface area contributed by atoms with Crippen LogP contribution in [-0.2, 0) is 14.3 Å². The molecule has 2 aliphatic heterocycles. The minimum absolute atomic E-state index is 0.0405. The van der Waals surface area contributed by atoms with Crippen molar-refractivity contribution in [2.45, 2.75) is 51.2 Å². The third kappa shape index (κ3) is 5.30. The highest BCUT2D eigenvalue weighted by Gasteiger charge is 2.66. The number of nitrogens with zero attached hydrogens (tertiary/aromatic N) is 2. The van der Waals surface area contributed by atoms with Crippen LogP contribution in [0.1, 0.15) is 50.7 Å². The van der Waals surface area contributed by atoms with Crippen molar-refractivity contribution in [3.8, 4) is 0 Å². The molecule has 3 fully saturated rings. The summed E-state index contributed by atoms with van der Waals surface area (Å²) in [5.41, 5.74) is 7.46. The van der Waals surface area contributed by atoms with E-state index >= 15 is 0 Å². The Labute approximate surface area is 237 Å². The van der Waals surface area contributed by atoms with Gasteiger partial charge in [0.25, 0.3) is 0 Å². The monoisotopic (exact) mass is 549 g/mol. The second-order valence-electron chi connectivity index (χ2n) is 12.7. The Balaban J connectivity index is 1.33. The number of aliphatic hydroxyl groups is 2. The number of carbonyl (C=O) groups is 1. The number of hydrogen-bond donors (Lipinski definition) is 3. The summed E-state index contributed by atoms with van der Waals surface area (Å²) in [5.74, 6) is 0.857. The zero-order valence-corrected chi connectivity index (χ0v) is 24.1. The molecule has 8 heteroatoms. The molecule has 0 aromatic heterocycles. The molecule has 40 heavy (non-hydrogen) atoms. The van der Waals surface area contributed by atoms with E-state index < -0.39 is 11.5 Å². The smallest absolute Gasteiger partial charge is 0.343 e. The van der Waals surface area contributed by atoms with Crippen LogP contribution in [0.4, 0.5) is 0 Å². The molecule has 2 heterocycles. The minimum atomic E-state index is -0.546.